The summed E-state index contributed by atoms with van der Waals surface area (Å²) in [6, 6.07) is 16.8. The van der Waals surface area contributed by atoms with E-state index in [1.54, 1.807) is 17.0 Å². The van der Waals surface area contributed by atoms with Crippen LogP contribution in [0.3, 0.4) is 0 Å². The summed E-state index contributed by atoms with van der Waals surface area (Å²) in [7, 11) is -4.03. The molecule has 7 heteroatoms. The molecule has 0 unspecified atom stereocenters. The van der Waals surface area contributed by atoms with Crippen LogP contribution in [-0.4, -0.2) is 32.3 Å². The van der Waals surface area contributed by atoms with E-state index in [-0.39, 0.29) is 16.6 Å². The quantitative estimate of drug-likeness (QED) is 0.492. The summed E-state index contributed by atoms with van der Waals surface area (Å²) in [5.74, 6) is 0.0779. The molecule has 0 aliphatic heterocycles. The number of nitrogens with zero attached hydrogens (tertiary/aromatic N) is 1. The molecule has 1 amide bonds. The van der Waals surface area contributed by atoms with Gasteiger partial charge in [0.2, 0.25) is 0 Å². The standard InChI is InChI=1S/C21H20BrNO4S/c1-3-23(4-2)21(24)16-9-12-17(13-10-16)28(25,26)27-19-14-11-15-7-5-6-8-18(15)20(19)22/h5-14H,3-4H2,1-2H3. The van der Waals surface area contributed by atoms with Crippen molar-refractivity contribution in [2.75, 3.05) is 13.1 Å². The number of amides is 1. The van der Waals surface area contributed by atoms with Crippen molar-refractivity contribution in [3.63, 3.8) is 0 Å². The number of hydrogen-bond acceptors (Lipinski definition) is 4. The number of fused-ring (bicyclic) bond motifs is 1. The van der Waals surface area contributed by atoms with Gasteiger partial charge >= 0.3 is 10.1 Å². The third-order valence-corrected chi connectivity index (χ3v) is 6.53. The van der Waals surface area contributed by atoms with Crippen LogP contribution in [0.25, 0.3) is 10.8 Å². The summed E-state index contributed by atoms with van der Waals surface area (Å²) >= 11 is 3.43. The highest BCUT2D eigenvalue weighted by molar-refractivity contribution is 9.10. The van der Waals surface area contributed by atoms with E-state index < -0.39 is 10.1 Å². The largest absolute Gasteiger partial charge is 0.378 e. The molecule has 5 nitrogen and oxygen atoms in total. The molecule has 0 atom stereocenters. The summed E-state index contributed by atoms with van der Waals surface area (Å²) < 4.78 is 31.3. The topological polar surface area (TPSA) is 63.7 Å². The Morgan fingerprint density at radius 1 is 0.964 bits per heavy atom. The second-order valence-electron chi connectivity index (χ2n) is 6.14. The minimum absolute atomic E-state index is 0.0105. The Labute approximate surface area is 173 Å². The fourth-order valence-electron chi connectivity index (χ4n) is 2.90. The van der Waals surface area contributed by atoms with Gasteiger partial charge in [0.15, 0.2) is 5.75 Å². The van der Waals surface area contributed by atoms with Crippen molar-refractivity contribution in [1.82, 2.24) is 4.90 Å². The summed E-state index contributed by atoms with van der Waals surface area (Å²) in [5, 5.41) is 1.83. The number of hydrogen-bond donors (Lipinski definition) is 0. The maximum absolute atomic E-state index is 12.7. The lowest BCUT2D eigenvalue weighted by atomic mass is 10.1. The highest BCUT2D eigenvalue weighted by atomic mass is 79.9. The molecule has 0 radical (unpaired) electrons. The first kappa shape index (κ1) is 20.4. The molecule has 0 fully saturated rings. The van der Waals surface area contributed by atoms with E-state index in [0.717, 1.165) is 10.8 Å². The summed E-state index contributed by atoms with van der Waals surface area (Å²) in [4.78, 5) is 14.0. The number of rotatable bonds is 6. The first-order valence-electron chi connectivity index (χ1n) is 8.88. The van der Waals surface area contributed by atoms with Gasteiger partial charge in [0, 0.05) is 18.7 Å². The molecule has 0 aromatic heterocycles. The molecular weight excluding hydrogens is 442 g/mol. The van der Waals surface area contributed by atoms with Crippen LogP contribution in [0.15, 0.2) is 70.0 Å². The normalized spacial score (nSPS) is 11.4. The molecule has 0 aliphatic carbocycles. The van der Waals surface area contributed by atoms with Gasteiger partial charge in [-0.3, -0.25) is 4.79 Å². The van der Waals surface area contributed by atoms with E-state index >= 15 is 0 Å². The Bertz CT molecular complexity index is 1110. The Hall–Kier alpha value is -2.38. The van der Waals surface area contributed by atoms with Gasteiger partial charge in [0.25, 0.3) is 5.91 Å². The Balaban J connectivity index is 1.87. The van der Waals surface area contributed by atoms with Gasteiger partial charge in [0.05, 0.1) is 4.47 Å². The predicted molar refractivity (Wildman–Crippen MR) is 113 cm³/mol. The second kappa shape index (κ2) is 8.32. The van der Waals surface area contributed by atoms with Gasteiger partial charge < -0.3 is 9.08 Å². The van der Waals surface area contributed by atoms with E-state index in [4.69, 9.17) is 4.18 Å². The van der Waals surface area contributed by atoms with Crippen molar-refractivity contribution in [2.24, 2.45) is 0 Å². The minimum Gasteiger partial charge on any atom is -0.378 e. The molecule has 3 aromatic rings. The van der Waals surface area contributed by atoms with Crippen LogP contribution in [-0.2, 0) is 10.1 Å². The summed E-state index contributed by atoms with van der Waals surface area (Å²) in [6.07, 6.45) is 0. The number of carbonyl (C=O) groups excluding carboxylic acids is 1. The van der Waals surface area contributed by atoms with Crippen molar-refractivity contribution >= 4 is 42.7 Å². The molecule has 3 aromatic carbocycles. The third-order valence-electron chi connectivity index (χ3n) is 4.47. The average Bonchev–Trinajstić information content (AvgIpc) is 2.71. The molecule has 146 valence electrons. The molecule has 3 rings (SSSR count). The molecule has 0 bridgehead atoms. The smallest absolute Gasteiger partial charge is 0.339 e. The fourth-order valence-corrected chi connectivity index (χ4v) is 4.52. The van der Waals surface area contributed by atoms with Crippen LogP contribution in [0.1, 0.15) is 24.2 Å². The van der Waals surface area contributed by atoms with Crippen LogP contribution in [0.5, 0.6) is 5.75 Å². The van der Waals surface area contributed by atoms with Gasteiger partial charge in [-0.2, -0.15) is 8.42 Å². The highest BCUT2D eigenvalue weighted by Crippen LogP contribution is 2.34. The van der Waals surface area contributed by atoms with Crippen LogP contribution in [0, 0.1) is 0 Å². The third kappa shape index (κ3) is 4.05. The molecule has 0 N–H and O–H groups in total. The molecular formula is C21H20BrNO4S. The van der Waals surface area contributed by atoms with Gasteiger partial charge in [-0.25, -0.2) is 0 Å². The lowest BCUT2D eigenvalue weighted by Crippen LogP contribution is -2.30. The van der Waals surface area contributed by atoms with Crippen molar-refractivity contribution in [3.8, 4) is 5.75 Å². The maximum Gasteiger partial charge on any atom is 0.339 e. The van der Waals surface area contributed by atoms with Gasteiger partial charge in [-0.05, 0) is 70.9 Å². The SMILES string of the molecule is CCN(CC)C(=O)c1ccc(S(=O)(=O)Oc2ccc3ccccc3c2Br)cc1. The van der Waals surface area contributed by atoms with Crippen molar-refractivity contribution in [2.45, 2.75) is 18.7 Å². The molecule has 0 aliphatic rings. The second-order valence-corrected chi connectivity index (χ2v) is 8.48. The number of halogens is 1. The van der Waals surface area contributed by atoms with Crippen LogP contribution < -0.4 is 4.18 Å². The van der Waals surface area contributed by atoms with E-state index in [1.165, 1.54) is 24.3 Å². The zero-order valence-corrected chi connectivity index (χ0v) is 18.0. The predicted octanol–water partition coefficient (Wildman–Crippen LogP) is 4.85. The molecule has 0 heterocycles. The Kier molecular flexibility index (Phi) is 6.05. The molecule has 0 saturated carbocycles. The fraction of sp³-hybridized carbons (Fsp3) is 0.190. The summed E-state index contributed by atoms with van der Waals surface area (Å²) in [6.45, 7) is 4.98. The molecule has 0 spiro atoms. The van der Waals surface area contributed by atoms with Gasteiger partial charge in [-0.1, -0.05) is 30.3 Å². The van der Waals surface area contributed by atoms with Crippen LogP contribution in [0.4, 0.5) is 0 Å². The van der Waals surface area contributed by atoms with E-state index in [2.05, 4.69) is 15.9 Å². The van der Waals surface area contributed by atoms with Gasteiger partial charge in [-0.15, -0.1) is 0 Å². The zero-order valence-electron chi connectivity index (χ0n) is 15.6. The maximum atomic E-state index is 12.7. The minimum atomic E-state index is -4.03. The number of benzene rings is 3. The van der Waals surface area contributed by atoms with Gasteiger partial charge in [0.1, 0.15) is 4.90 Å². The lowest BCUT2D eigenvalue weighted by Gasteiger charge is -2.18. The Morgan fingerprint density at radius 2 is 1.61 bits per heavy atom. The van der Waals surface area contributed by atoms with Crippen molar-refractivity contribution < 1.29 is 17.4 Å². The zero-order chi connectivity index (χ0) is 20.3. The van der Waals surface area contributed by atoms with Crippen LogP contribution >= 0.6 is 15.9 Å². The number of carbonyl (C=O) groups is 1. The van der Waals surface area contributed by atoms with Crippen molar-refractivity contribution in [1.29, 1.82) is 0 Å². The monoisotopic (exact) mass is 461 g/mol. The highest BCUT2D eigenvalue weighted by Gasteiger charge is 2.20. The van der Waals surface area contributed by atoms with E-state index in [1.807, 2.05) is 38.1 Å². The van der Waals surface area contributed by atoms with E-state index in [0.29, 0.717) is 23.1 Å². The summed E-state index contributed by atoms with van der Waals surface area (Å²) in [5.41, 5.74) is 0.439. The lowest BCUT2D eigenvalue weighted by molar-refractivity contribution is 0.0773. The molecule has 0 saturated heterocycles. The van der Waals surface area contributed by atoms with Crippen molar-refractivity contribution in [3.05, 3.63) is 70.7 Å². The average molecular weight is 462 g/mol. The molecule has 28 heavy (non-hydrogen) atoms. The first-order valence-corrected chi connectivity index (χ1v) is 11.1. The Morgan fingerprint density at radius 3 is 2.25 bits per heavy atom. The van der Waals surface area contributed by atoms with E-state index in [9.17, 15) is 13.2 Å². The first-order chi connectivity index (χ1) is 13.4. The van der Waals surface area contributed by atoms with Crippen LogP contribution in [0.2, 0.25) is 0 Å².